The molecule has 1 unspecified atom stereocenters. The average Bonchev–Trinajstić information content (AvgIpc) is 2.83. The Morgan fingerprint density at radius 1 is 1.16 bits per heavy atom. The van der Waals surface area contributed by atoms with Gasteiger partial charge in [0.05, 0.1) is 0 Å². The van der Waals surface area contributed by atoms with Crippen LogP contribution in [0.5, 0.6) is 0 Å². The van der Waals surface area contributed by atoms with Gasteiger partial charge in [-0.25, -0.2) is 0 Å². The van der Waals surface area contributed by atoms with E-state index in [0.29, 0.717) is 17.8 Å². The number of nitrogens with two attached hydrogens (primary N) is 1. The van der Waals surface area contributed by atoms with E-state index in [4.69, 9.17) is 5.73 Å². The molecule has 0 radical (unpaired) electrons. The first kappa shape index (κ1) is 14.8. The highest BCUT2D eigenvalue weighted by Crippen LogP contribution is 2.30. The van der Waals surface area contributed by atoms with Crippen LogP contribution in [0, 0.1) is 17.8 Å². The Labute approximate surface area is 117 Å². The molecule has 1 atom stereocenters. The zero-order chi connectivity index (χ0) is 13.7. The van der Waals surface area contributed by atoms with Crippen LogP contribution < -0.4 is 11.1 Å². The van der Waals surface area contributed by atoms with Crippen molar-refractivity contribution in [2.45, 2.75) is 38.5 Å². The molecule has 2 aliphatic rings. The van der Waals surface area contributed by atoms with Crippen molar-refractivity contribution >= 4 is 5.91 Å². The number of carbonyl (C=O) groups excluding carboxylic acids is 1. The van der Waals surface area contributed by atoms with E-state index in [2.05, 4.69) is 17.3 Å². The van der Waals surface area contributed by atoms with Gasteiger partial charge in [-0.3, -0.25) is 4.79 Å². The van der Waals surface area contributed by atoms with Gasteiger partial charge >= 0.3 is 0 Å². The van der Waals surface area contributed by atoms with Gasteiger partial charge in [-0.2, -0.15) is 0 Å². The summed E-state index contributed by atoms with van der Waals surface area (Å²) in [5.41, 5.74) is 5.70. The van der Waals surface area contributed by atoms with Gasteiger partial charge in [0.1, 0.15) is 0 Å². The first-order chi connectivity index (χ1) is 9.17. The van der Waals surface area contributed by atoms with Crippen molar-refractivity contribution < 1.29 is 4.79 Å². The molecule has 4 nitrogen and oxygen atoms in total. The molecule has 3 N–H and O–H groups in total. The summed E-state index contributed by atoms with van der Waals surface area (Å²) in [7, 11) is 2.15. The van der Waals surface area contributed by atoms with E-state index in [9.17, 15) is 4.79 Å². The zero-order valence-corrected chi connectivity index (χ0v) is 12.2. The Morgan fingerprint density at radius 2 is 1.84 bits per heavy atom. The van der Waals surface area contributed by atoms with E-state index in [1.165, 1.54) is 38.6 Å². The Morgan fingerprint density at radius 3 is 2.42 bits per heavy atom. The van der Waals surface area contributed by atoms with Gasteiger partial charge in [-0.05, 0) is 70.0 Å². The summed E-state index contributed by atoms with van der Waals surface area (Å²) in [6.45, 7) is 3.97. The minimum atomic E-state index is 0.255. The standard InChI is InChI=1S/C15H29N3O/c1-18-7-6-14(11-18)10-17-15(19)8-12-2-4-13(9-16)5-3-12/h12-14H,2-11,16H2,1H3,(H,17,19). The van der Waals surface area contributed by atoms with Crippen LogP contribution in [0.25, 0.3) is 0 Å². The van der Waals surface area contributed by atoms with Gasteiger partial charge in [-0.15, -0.1) is 0 Å². The molecule has 1 amide bonds. The van der Waals surface area contributed by atoms with Gasteiger partial charge < -0.3 is 16.0 Å². The van der Waals surface area contributed by atoms with Crippen molar-refractivity contribution in [1.29, 1.82) is 0 Å². The molecular formula is C15H29N3O. The highest BCUT2D eigenvalue weighted by Gasteiger charge is 2.23. The smallest absolute Gasteiger partial charge is 0.220 e. The van der Waals surface area contributed by atoms with Crippen LogP contribution in [-0.4, -0.2) is 44.0 Å². The summed E-state index contributed by atoms with van der Waals surface area (Å²) >= 11 is 0. The lowest BCUT2D eigenvalue weighted by molar-refractivity contribution is -0.122. The third-order valence-electron chi connectivity index (χ3n) is 4.85. The molecule has 0 bridgehead atoms. The second kappa shape index (κ2) is 7.25. The molecule has 1 aliphatic heterocycles. The number of nitrogens with zero attached hydrogens (tertiary/aromatic N) is 1. The van der Waals surface area contributed by atoms with Crippen molar-refractivity contribution in [1.82, 2.24) is 10.2 Å². The van der Waals surface area contributed by atoms with E-state index >= 15 is 0 Å². The molecule has 1 heterocycles. The van der Waals surface area contributed by atoms with Gasteiger partial charge in [0.15, 0.2) is 0 Å². The molecule has 1 saturated heterocycles. The Hall–Kier alpha value is -0.610. The second-order valence-electron chi connectivity index (χ2n) is 6.55. The molecule has 19 heavy (non-hydrogen) atoms. The minimum Gasteiger partial charge on any atom is -0.356 e. The normalized spacial score (nSPS) is 32.4. The molecule has 0 spiro atoms. The molecule has 4 heteroatoms. The maximum absolute atomic E-state index is 12.0. The lowest BCUT2D eigenvalue weighted by Crippen LogP contribution is -2.32. The number of rotatable bonds is 5. The van der Waals surface area contributed by atoms with Gasteiger partial charge in [-0.1, -0.05) is 0 Å². The number of likely N-dealkylation sites (tertiary alicyclic amines) is 1. The average molecular weight is 267 g/mol. The predicted octanol–water partition coefficient (Wildman–Crippen LogP) is 1.21. The zero-order valence-electron chi connectivity index (χ0n) is 12.2. The highest BCUT2D eigenvalue weighted by atomic mass is 16.1. The van der Waals surface area contributed by atoms with E-state index in [1.54, 1.807) is 0 Å². The summed E-state index contributed by atoms with van der Waals surface area (Å²) in [4.78, 5) is 14.3. The number of hydrogen-bond acceptors (Lipinski definition) is 3. The van der Waals surface area contributed by atoms with Gasteiger partial charge in [0.2, 0.25) is 5.91 Å². The molecular weight excluding hydrogens is 238 g/mol. The summed E-state index contributed by atoms with van der Waals surface area (Å²) in [6.07, 6.45) is 6.73. The maximum Gasteiger partial charge on any atom is 0.220 e. The molecule has 2 rings (SSSR count). The molecule has 0 aromatic heterocycles. The van der Waals surface area contributed by atoms with E-state index in [-0.39, 0.29) is 5.91 Å². The predicted molar refractivity (Wildman–Crippen MR) is 77.7 cm³/mol. The fourth-order valence-corrected chi connectivity index (χ4v) is 3.46. The summed E-state index contributed by atoms with van der Waals surface area (Å²) in [6, 6.07) is 0. The quantitative estimate of drug-likeness (QED) is 0.787. The molecule has 0 aromatic carbocycles. The lowest BCUT2D eigenvalue weighted by atomic mass is 9.80. The molecule has 2 fully saturated rings. The largest absolute Gasteiger partial charge is 0.356 e. The van der Waals surface area contributed by atoms with Crippen molar-refractivity contribution in [2.24, 2.45) is 23.5 Å². The molecule has 0 aromatic rings. The van der Waals surface area contributed by atoms with E-state index < -0.39 is 0 Å². The minimum absolute atomic E-state index is 0.255. The van der Waals surface area contributed by atoms with Crippen LogP contribution >= 0.6 is 0 Å². The van der Waals surface area contributed by atoms with Crippen LogP contribution in [-0.2, 0) is 4.79 Å². The van der Waals surface area contributed by atoms with Gasteiger partial charge in [0, 0.05) is 19.5 Å². The second-order valence-corrected chi connectivity index (χ2v) is 6.55. The van der Waals surface area contributed by atoms with E-state index in [0.717, 1.165) is 26.1 Å². The Balaban J connectivity index is 1.59. The fraction of sp³-hybridized carbons (Fsp3) is 0.933. The molecule has 1 saturated carbocycles. The number of hydrogen-bond donors (Lipinski definition) is 2. The third-order valence-corrected chi connectivity index (χ3v) is 4.85. The van der Waals surface area contributed by atoms with Crippen LogP contribution in [0.15, 0.2) is 0 Å². The highest BCUT2D eigenvalue weighted by molar-refractivity contribution is 5.76. The van der Waals surface area contributed by atoms with Crippen LogP contribution in [0.3, 0.4) is 0 Å². The summed E-state index contributed by atoms with van der Waals surface area (Å²) in [5, 5.41) is 3.13. The maximum atomic E-state index is 12.0. The molecule has 1 aliphatic carbocycles. The van der Waals surface area contributed by atoms with Gasteiger partial charge in [0.25, 0.3) is 0 Å². The van der Waals surface area contributed by atoms with E-state index in [1.807, 2.05) is 0 Å². The van der Waals surface area contributed by atoms with Crippen LogP contribution in [0.2, 0.25) is 0 Å². The first-order valence-electron chi connectivity index (χ1n) is 7.82. The Kier molecular flexibility index (Phi) is 5.64. The summed E-state index contributed by atoms with van der Waals surface area (Å²) < 4.78 is 0. The van der Waals surface area contributed by atoms with Crippen LogP contribution in [0.1, 0.15) is 38.5 Å². The Bertz CT molecular complexity index is 287. The van der Waals surface area contributed by atoms with Crippen molar-refractivity contribution in [3.63, 3.8) is 0 Å². The number of nitrogens with one attached hydrogen (secondary N) is 1. The number of amides is 1. The first-order valence-corrected chi connectivity index (χ1v) is 7.82. The lowest BCUT2D eigenvalue weighted by Gasteiger charge is -2.27. The SMILES string of the molecule is CN1CCC(CNC(=O)CC2CCC(CN)CC2)C1. The third kappa shape index (κ3) is 4.77. The topological polar surface area (TPSA) is 58.4 Å². The number of carbonyl (C=O) groups is 1. The summed E-state index contributed by atoms with van der Waals surface area (Å²) in [5.74, 6) is 2.20. The monoisotopic (exact) mass is 267 g/mol. The van der Waals surface area contributed by atoms with Crippen molar-refractivity contribution in [3.8, 4) is 0 Å². The van der Waals surface area contributed by atoms with Crippen LogP contribution in [0.4, 0.5) is 0 Å². The van der Waals surface area contributed by atoms with Crippen molar-refractivity contribution in [2.75, 3.05) is 33.2 Å². The van der Waals surface area contributed by atoms with Crippen molar-refractivity contribution in [3.05, 3.63) is 0 Å². The molecule has 110 valence electrons. The fourth-order valence-electron chi connectivity index (χ4n) is 3.46.